The van der Waals surface area contributed by atoms with Gasteiger partial charge in [-0.1, -0.05) is 0 Å². The van der Waals surface area contributed by atoms with Gasteiger partial charge in [0.1, 0.15) is 0 Å². The van der Waals surface area contributed by atoms with Gasteiger partial charge in [0.25, 0.3) is 0 Å². The molecule has 0 spiro atoms. The third kappa shape index (κ3) is 2.38. The van der Waals surface area contributed by atoms with Gasteiger partial charge in [-0.05, 0) is 25.1 Å². The van der Waals surface area contributed by atoms with Gasteiger partial charge < -0.3 is 15.0 Å². The summed E-state index contributed by atoms with van der Waals surface area (Å²) in [6.45, 7) is 1.89. The molecule has 0 saturated heterocycles. The molecule has 5 nitrogen and oxygen atoms in total. The number of aromatic nitrogens is 2. The number of hydrogen-bond donors (Lipinski definition) is 2. The summed E-state index contributed by atoms with van der Waals surface area (Å²) in [5, 5.41) is 8.78. The number of anilines is 1. The van der Waals surface area contributed by atoms with Crippen molar-refractivity contribution < 1.29 is 9.90 Å². The van der Waals surface area contributed by atoms with Crippen molar-refractivity contribution >= 4 is 22.7 Å². The maximum absolute atomic E-state index is 10.7. The van der Waals surface area contributed by atoms with Crippen LogP contribution in [0, 0.1) is 0 Å². The topological polar surface area (TPSA) is 69.2 Å². The van der Waals surface area contributed by atoms with Crippen LogP contribution in [0.2, 0.25) is 0 Å². The SMILES string of the molecule is CC(CC(=O)O)N(C)c1ccc2nc[nH]c2c1. The molecule has 0 fully saturated rings. The van der Waals surface area contributed by atoms with Crippen molar-refractivity contribution in [2.75, 3.05) is 11.9 Å². The standard InChI is InChI=1S/C12H15N3O2/c1-8(5-12(16)17)15(2)9-3-4-10-11(6-9)14-7-13-10/h3-4,6-8H,5H2,1-2H3,(H,13,14)(H,16,17). The number of carboxylic acid groups (broad SMARTS) is 1. The Morgan fingerprint density at radius 2 is 2.35 bits per heavy atom. The molecule has 2 N–H and O–H groups in total. The van der Waals surface area contributed by atoms with Gasteiger partial charge in [0.05, 0.1) is 23.8 Å². The van der Waals surface area contributed by atoms with Gasteiger partial charge in [-0.25, -0.2) is 4.98 Å². The summed E-state index contributed by atoms with van der Waals surface area (Å²) in [5.41, 5.74) is 2.85. The lowest BCUT2D eigenvalue weighted by Gasteiger charge is -2.25. The predicted octanol–water partition coefficient (Wildman–Crippen LogP) is 1.86. The third-order valence-corrected chi connectivity index (χ3v) is 2.94. The molecule has 2 rings (SSSR count). The number of H-pyrrole nitrogens is 1. The van der Waals surface area contributed by atoms with E-state index in [1.165, 1.54) is 0 Å². The van der Waals surface area contributed by atoms with Gasteiger partial charge in [0.2, 0.25) is 0 Å². The number of imidazole rings is 1. The van der Waals surface area contributed by atoms with Gasteiger partial charge >= 0.3 is 5.97 Å². The van der Waals surface area contributed by atoms with E-state index in [9.17, 15) is 4.79 Å². The molecular formula is C12H15N3O2. The van der Waals surface area contributed by atoms with Crippen LogP contribution >= 0.6 is 0 Å². The lowest BCUT2D eigenvalue weighted by Crippen LogP contribution is -2.30. The van der Waals surface area contributed by atoms with Crippen LogP contribution in [0.4, 0.5) is 5.69 Å². The summed E-state index contributed by atoms with van der Waals surface area (Å²) < 4.78 is 0. The van der Waals surface area contributed by atoms with Crippen LogP contribution < -0.4 is 4.90 Å². The van der Waals surface area contributed by atoms with E-state index < -0.39 is 5.97 Å². The molecule has 1 unspecified atom stereocenters. The van der Waals surface area contributed by atoms with E-state index >= 15 is 0 Å². The van der Waals surface area contributed by atoms with Crippen LogP contribution in [0.25, 0.3) is 11.0 Å². The maximum Gasteiger partial charge on any atom is 0.305 e. The summed E-state index contributed by atoms with van der Waals surface area (Å²) in [4.78, 5) is 19.8. The first-order chi connectivity index (χ1) is 8.08. The van der Waals surface area contributed by atoms with Crippen molar-refractivity contribution in [1.29, 1.82) is 0 Å². The first-order valence-corrected chi connectivity index (χ1v) is 5.45. The van der Waals surface area contributed by atoms with Crippen LogP contribution in [0.5, 0.6) is 0 Å². The molecule has 90 valence electrons. The zero-order chi connectivity index (χ0) is 12.4. The summed E-state index contributed by atoms with van der Waals surface area (Å²) in [6, 6.07) is 5.79. The van der Waals surface area contributed by atoms with Crippen LogP contribution in [0.3, 0.4) is 0 Å². The second kappa shape index (κ2) is 4.45. The number of benzene rings is 1. The lowest BCUT2D eigenvalue weighted by molar-refractivity contribution is -0.137. The van der Waals surface area contributed by atoms with Crippen molar-refractivity contribution in [3.8, 4) is 0 Å². The highest BCUT2D eigenvalue weighted by atomic mass is 16.4. The monoisotopic (exact) mass is 233 g/mol. The molecule has 0 aliphatic heterocycles. The fourth-order valence-electron chi connectivity index (χ4n) is 1.79. The van der Waals surface area contributed by atoms with E-state index in [0.717, 1.165) is 16.7 Å². The van der Waals surface area contributed by atoms with Crippen molar-refractivity contribution in [3.05, 3.63) is 24.5 Å². The minimum absolute atomic E-state index is 0.0483. The van der Waals surface area contributed by atoms with E-state index in [1.807, 2.05) is 37.1 Å². The Morgan fingerprint density at radius 3 is 3.06 bits per heavy atom. The summed E-state index contributed by atoms with van der Waals surface area (Å²) in [6.07, 6.45) is 1.77. The second-order valence-electron chi connectivity index (χ2n) is 4.16. The second-order valence-corrected chi connectivity index (χ2v) is 4.16. The number of aromatic amines is 1. The van der Waals surface area contributed by atoms with E-state index in [0.29, 0.717) is 0 Å². The third-order valence-electron chi connectivity index (χ3n) is 2.94. The number of nitrogens with one attached hydrogen (secondary N) is 1. The number of fused-ring (bicyclic) bond motifs is 1. The molecule has 0 saturated carbocycles. The Hall–Kier alpha value is -2.04. The van der Waals surface area contributed by atoms with E-state index in [1.54, 1.807) is 6.33 Å². The normalized spacial score (nSPS) is 12.6. The Labute approximate surface area is 99.1 Å². The zero-order valence-corrected chi connectivity index (χ0v) is 9.84. The molecule has 0 aliphatic rings. The molecule has 0 aliphatic carbocycles. The Morgan fingerprint density at radius 1 is 1.59 bits per heavy atom. The number of nitrogens with zero attached hydrogens (tertiary/aromatic N) is 2. The highest BCUT2D eigenvalue weighted by molar-refractivity contribution is 5.79. The van der Waals surface area contributed by atoms with Crippen LogP contribution in [0.15, 0.2) is 24.5 Å². The largest absolute Gasteiger partial charge is 0.481 e. The Kier molecular flexibility index (Phi) is 2.99. The molecular weight excluding hydrogens is 218 g/mol. The molecule has 2 aromatic rings. The average Bonchev–Trinajstić information content (AvgIpc) is 2.73. The van der Waals surface area contributed by atoms with E-state index in [2.05, 4.69) is 9.97 Å². The van der Waals surface area contributed by atoms with Gasteiger partial charge in [0.15, 0.2) is 0 Å². The average molecular weight is 233 g/mol. The molecule has 1 aromatic carbocycles. The Balaban J connectivity index is 2.23. The lowest BCUT2D eigenvalue weighted by atomic mass is 10.2. The van der Waals surface area contributed by atoms with Gasteiger partial charge in [-0.2, -0.15) is 0 Å². The van der Waals surface area contributed by atoms with Gasteiger partial charge in [-0.15, -0.1) is 0 Å². The zero-order valence-electron chi connectivity index (χ0n) is 9.84. The quantitative estimate of drug-likeness (QED) is 0.845. The molecule has 1 atom stereocenters. The molecule has 17 heavy (non-hydrogen) atoms. The first kappa shape index (κ1) is 11.4. The number of aliphatic carboxylic acids is 1. The molecule has 1 heterocycles. The van der Waals surface area contributed by atoms with Gasteiger partial charge in [0, 0.05) is 18.8 Å². The number of rotatable bonds is 4. The molecule has 5 heteroatoms. The number of carbonyl (C=O) groups is 1. The summed E-state index contributed by atoms with van der Waals surface area (Å²) >= 11 is 0. The predicted molar refractivity (Wildman–Crippen MR) is 66.2 cm³/mol. The Bertz CT molecular complexity index is 535. The number of carboxylic acids is 1. The van der Waals surface area contributed by atoms with Crippen molar-refractivity contribution in [2.24, 2.45) is 0 Å². The minimum atomic E-state index is -0.785. The van der Waals surface area contributed by atoms with Crippen LogP contribution in [-0.2, 0) is 4.79 Å². The fraction of sp³-hybridized carbons (Fsp3) is 0.333. The molecule has 0 bridgehead atoms. The van der Waals surface area contributed by atoms with E-state index in [-0.39, 0.29) is 12.5 Å². The highest BCUT2D eigenvalue weighted by Gasteiger charge is 2.14. The minimum Gasteiger partial charge on any atom is -0.481 e. The highest BCUT2D eigenvalue weighted by Crippen LogP contribution is 2.21. The maximum atomic E-state index is 10.7. The van der Waals surface area contributed by atoms with E-state index in [4.69, 9.17) is 5.11 Å². The molecule has 0 amide bonds. The van der Waals surface area contributed by atoms with Gasteiger partial charge in [-0.3, -0.25) is 4.79 Å². The summed E-state index contributed by atoms with van der Waals surface area (Å²) in [7, 11) is 1.89. The van der Waals surface area contributed by atoms with Crippen molar-refractivity contribution in [1.82, 2.24) is 9.97 Å². The first-order valence-electron chi connectivity index (χ1n) is 5.45. The summed E-state index contributed by atoms with van der Waals surface area (Å²) in [5.74, 6) is -0.785. The van der Waals surface area contributed by atoms with Crippen molar-refractivity contribution in [2.45, 2.75) is 19.4 Å². The van der Waals surface area contributed by atoms with Crippen molar-refractivity contribution in [3.63, 3.8) is 0 Å². The number of hydrogen-bond acceptors (Lipinski definition) is 3. The fourth-order valence-corrected chi connectivity index (χ4v) is 1.79. The van der Waals surface area contributed by atoms with Crippen LogP contribution in [-0.4, -0.2) is 34.1 Å². The molecule has 0 radical (unpaired) electrons. The smallest absolute Gasteiger partial charge is 0.305 e. The molecule has 1 aromatic heterocycles. The van der Waals surface area contributed by atoms with Crippen LogP contribution in [0.1, 0.15) is 13.3 Å².